The number of nitrogens with zero attached hydrogens (tertiary/aromatic N) is 4. The van der Waals surface area contributed by atoms with Gasteiger partial charge in [-0.05, 0) is 39.7 Å². The predicted molar refractivity (Wildman–Crippen MR) is 85.2 cm³/mol. The summed E-state index contributed by atoms with van der Waals surface area (Å²) in [5, 5.41) is 11.7. The number of ether oxygens (including phenoxy) is 1. The van der Waals surface area contributed by atoms with Crippen LogP contribution in [0.25, 0.3) is 0 Å². The van der Waals surface area contributed by atoms with Crippen LogP contribution >= 0.6 is 0 Å². The van der Waals surface area contributed by atoms with Crippen molar-refractivity contribution < 1.29 is 17.7 Å². The van der Waals surface area contributed by atoms with Gasteiger partial charge in [-0.25, -0.2) is 8.42 Å². The van der Waals surface area contributed by atoms with E-state index in [1.165, 1.54) is 4.31 Å². The lowest BCUT2D eigenvalue weighted by Crippen LogP contribution is -2.42. The molecular formula is C15H20N4O4S. The molecule has 3 rings (SSSR count). The monoisotopic (exact) mass is 352 g/mol. The molecule has 0 amide bonds. The minimum atomic E-state index is -3.59. The van der Waals surface area contributed by atoms with E-state index < -0.39 is 10.0 Å². The lowest BCUT2D eigenvalue weighted by molar-refractivity contribution is 0.128. The summed E-state index contributed by atoms with van der Waals surface area (Å²) in [6.07, 6.45) is 1.12. The molecule has 0 radical (unpaired) electrons. The summed E-state index contributed by atoms with van der Waals surface area (Å²) in [5.74, 6) is 0.786. The minimum Gasteiger partial charge on any atom is -0.473 e. The lowest BCUT2D eigenvalue weighted by Gasteiger charge is -2.30. The fraction of sp³-hybridized carbons (Fsp3) is 0.533. The van der Waals surface area contributed by atoms with Crippen LogP contribution in [-0.2, 0) is 10.0 Å². The van der Waals surface area contributed by atoms with Gasteiger partial charge in [0.25, 0.3) is 0 Å². The third kappa shape index (κ3) is 3.27. The maximum Gasteiger partial charge on any atom is 0.248 e. The van der Waals surface area contributed by atoms with Gasteiger partial charge in [-0.2, -0.15) is 9.40 Å². The van der Waals surface area contributed by atoms with Gasteiger partial charge in [-0.3, -0.25) is 0 Å². The molecule has 0 saturated carbocycles. The fourth-order valence-corrected chi connectivity index (χ4v) is 4.54. The Kier molecular flexibility index (Phi) is 4.55. The SMILES string of the molecule is Cc1ccc(OC2CCN(S(=O)(=O)c3c(C)noc3C)CC2)nn1. The van der Waals surface area contributed by atoms with Crippen molar-refractivity contribution in [3.8, 4) is 5.88 Å². The van der Waals surface area contributed by atoms with Crippen LogP contribution in [0.2, 0.25) is 0 Å². The molecule has 9 heteroatoms. The first kappa shape index (κ1) is 16.8. The number of aromatic nitrogens is 3. The Hall–Kier alpha value is -2.00. The summed E-state index contributed by atoms with van der Waals surface area (Å²) in [6.45, 7) is 5.87. The highest BCUT2D eigenvalue weighted by Gasteiger charge is 2.34. The van der Waals surface area contributed by atoms with Crippen LogP contribution in [0, 0.1) is 20.8 Å². The second kappa shape index (κ2) is 6.48. The number of hydrogen-bond donors (Lipinski definition) is 0. The van der Waals surface area contributed by atoms with Gasteiger partial charge in [-0.1, -0.05) is 5.16 Å². The number of piperidine rings is 1. The molecule has 1 fully saturated rings. The van der Waals surface area contributed by atoms with Crippen molar-refractivity contribution in [2.75, 3.05) is 13.1 Å². The van der Waals surface area contributed by atoms with E-state index in [1.807, 2.05) is 13.0 Å². The second-order valence-corrected chi connectivity index (χ2v) is 7.76. The first-order valence-electron chi connectivity index (χ1n) is 7.78. The average Bonchev–Trinajstić information content (AvgIpc) is 2.89. The van der Waals surface area contributed by atoms with Crippen LogP contribution in [0.5, 0.6) is 5.88 Å². The number of aryl methyl sites for hydroxylation is 3. The maximum absolute atomic E-state index is 12.8. The molecule has 0 aromatic carbocycles. The summed E-state index contributed by atoms with van der Waals surface area (Å²) < 4.78 is 37.7. The molecule has 0 aliphatic carbocycles. The van der Waals surface area contributed by atoms with E-state index in [4.69, 9.17) is 9.26 Å². The molecule has 2 aromatic heterocycles. The van der Waals surface area contributed by atoms with E-state index in [1.54, 1.807) is 19.9 Å². The first-order chi connectivity index (χ1) is 11.4. The number of rotatable bonds is 4. The van der Waals surface area contributed by atoms with Crippen LogP contribution in [0.1, 0.15) is 30.0 Å². The summed E-state index contributed by atoms with van der Waals surface area (Å²) >= 11 is 0. The Balaban J connectivity index is 1.65. The number of hydrogen-bond acceptors (Lipinski definition) is 7. The van der Waals surface area contributed by atoms with Gasteiger partial charge in [0, 0.05) is 19.2 Å². The summed E-state index contributed by atoms with van der Waals surface area (Å²) in [4.78, 5) is 0.172. The zero-order valence-corrected chi connectivity index (χ0v) is 14.7. The third-order valence-corrected chi connectivity index (χ3v) is 6.17. The zero-order valence-electron chi connectivity index (χ0n) is 13.9. The molecule has 1 aliphatic heterocycles. The van der Waals surface area contributed by atoms with Crippen LogP contribution in [0.15, 0.2) is 21.6 Å². The lowest BCUT2D eigenvalue weighted by atomic mass is 10.1. The Morgan fingerprint density at radius 2 is 1.88 bits per heavy atom. The van der Waals surface area contributed by atoms with Gasteiger partial charge >= 0.3 is 0 Å². The molecule has 0 bridgehead atoms. The average molecular weight is 352 g/mol. The van der Waals surface area contributed by atoms with Crippen molar-refractivity contribution in [2.45, 2.75) is 44.6 Å². The predicted octanol–water partition coefficient (Wildman–Crippen LogP) is 1.62. The highest BCUT2D eigenvalue weighted by molar-refractivity contribution is 7.89. The van der Waals surface area contributed by atoms with Gasteiger partial charge < -0.3 is 9.26 Å². The van der Waals surface area contributed by atoms with Gasteiger partial charge in [0.05, 0.1) is 5.69 Å². The second-order valence-electron chi connectivity index (χ2n) is 5.89. The van der Waals surface area contributed by atoms with Crippen LogP contribution in [0.4, 0.5) is 0 Å². The summed E-state index contributed by atoms with van der Waals surface area (Å²) in [7, 11) is -3.59. The normalized spacial score (nSPS) is 17.1. The molecule has 3 heterocycles. The van der Waals surface area contributed by atoms with E-state index in [2.05, 4.69) is 15.4 Å². The van der Waals surface area contributed by atoms with Gasteiger partial charge in [-0.15, -0.1) is 5.10 Å². The van der Waals surface area contributed by atoms with Crippen molar-refractivity contribution in [2.24, 2.45) is 0 Å². The van der Waals surface area contributed by atoms with Crippen molar-refractivity contribution in [1.82, 2.24) is 19.7 Å². The smallest absolute Gasteiger partial charge is 0.248 e. The van der Waals surface area contributed by atoms with E-state index in [9.17, 15) is 8.42 Å². The summed E-state index contributed by atoms with van der Waals surface area (Å²) in [5.41, 5.74) is 1.21. The van der Waals surface area contributed by atoms with E-state index >= 15 is 0 Å². The van der Waals surface area contributed by atoms with Gasteiger partial charge in [0.15, 0.2) is 5.76 Å². The molecule has 24 heavy (non-hydrogen) atoms. The molecule has 1 aliphatic rings. The molecule has 1 saturated heterocycles. The maximum atomic E-state index is 12.8. The molecule has 8 nitrogen and oxygen atoms in total. The van der Waals surface area contributed by atoms with Crippen molar-refractivity contribution in [3.05, 3.63) is 29.3 Å². The molecule has 130 valence electrons. The Morgan fingerprint density at radius 1 is 1.17 bits per heavy atom. The fourth-order valence-electron chi connectivity index (χ4n) is 2.78. The Labute approximate surface area is 140 Å². The molecule has 0 N–H and O–H groups in total. The number of sulfonamides is 1. The van der Waals surface area contributed by atoms with E-state index in [0.29, 0.717) is 43.3 Å². The largest absolute Gasteiger partial charge is 0.473 e. The molecule has 0 atom stereocenters. The topological polar surface area (TPSA) is 98.4 Å². The minimum absolute atomic E-state index is 0.0712. The van der Waals surface area contributed by atoms with Crippen molar-refractivity contribution in [3.63, 3.8) is 0 Å². The van der Waals surface area contributed by atoms with Crippen LogP contribution < -0.4 is 4.74 Å². The summed E-state index contributed by atoms with van der Waals surface area (Å²) in [6, 6.07) is 3.61. The quantitative estimate of drug-likeness (QED) is 0.824. The highest BCUT2D eigenvalue weighted by atomic mass is 32.2. The Bertz CT molecular complexity index is 789. The first-order valence-corrected chi connectivity index (χ1v) is 9.22. The molecule has 2 aromatic rings. The van der Waals surface area contributed by atoms with Gasteiger partial charge in [0.1, 0.15) is 16.7 Å². The highest BCUT2D eigenvalue weighted by Crippen LogP contribution is 2.26. The van der Waals surface area contributed by atoms with Crippen molar-refractivity contribution in [1.29, 1.82) is 0 Å². The molecule has 0 unspecified atom stereocenters. The molecule has 0 spiro atoms. The Morgan fingerprint density at radius 3 is 2.42 bits per heavy atom. The van der Waals surface area contributed by atoms with Crippen LogP contribution in [0.3, 0.4) is 0 Å². The molecular weight excluding hydrogens is 332 g/mol. The van der Waals surface area contributed by atoms with E-state index in [-0.39, 0.29) is 11.0 Å². The van der Waals surface area contributed by atoms with Crippen LogP contribution in [-0.4, -0.2) is 47.3 Å². The van der Waals surface area contributed by atoms with Crippen molar-refractivity contribution >= 4 is 10.0 Å². The zero-order chi connectivity index (χ0) is 17.3. The standard InChI is InChI=1S/C15H20N4O4S/c1-10-4-5-14(17-16-10)22-13-6-8-19(9-7-13)24(20,21)15-11(2)18-23-12(15)3/h4-5,13H,6-9H2,1-3H3. The third-order valence-electron chi connectivity index (χ3n) is 4.03. The van der Waals surface area contributed by atoms with E-state index in [0.717, 1.165) is 5.69 Å². The van der Waals surface area contributed by atoms with Gasteiger partial charge in [0.2, 0.25) is 15.9 Å².